The number of aromatic nitrogens is 2. The zero-order valence-corrected chi connectivity index (χ0v) is 11.3. The van der Waals surface area contributed by atoms with Gasteiger partial charge in [0.2, 0.25) is 5.88 Å². The lowest BCUT2D eigenvalue weighted by atomic mass is 9.94. The first-order chi connectivity index (χ1) is 8.56. The highest BCUT2D eigenvalue weighted by Crippen LogP contribution is 2.22. The molecule has 5 heteroatoms. The summed E-state index contributed by atoms with van der Waals surface area (Å²) in [6.45, 7) is 8.02. The molecule has 1 saturated heterocycles. The Bertz CT molecular complexity index is 396. The molecule has 100 valence electrons. The Morgan fingerprint density at radius 2 is 2.22 bits per heavy atom. The van der Waals surface area contributed by atoms with Crippen LogP contribution in [-0.4, -0.2) is 35.2 Å². The maximum atomic E-state index is 6.11. The number of anilines is 1. The zero-order valence-electron chi connectivity index (χ0n) is 11.3. The Balaban J connectivity index is 2.08. The maximum absolute atomic E-state index is 6.11. The molecule has 0 aliphatic carbocycles. The summed E-state index contributed by atoms with van der Waals surface area (Å²) in [5.74, 6) is 2.11. The van der Waals surface area contributed by atoms with Gasteiger partial charge in [-0.05, 0) is 26.2 Å². The summed E-state index contributed by atoms with van der Waals surface area (Å²) in [5.41, 5.74) is 6.11. The van der Waals surface area contributed by atoms with Gasteiger partial charge in [-0.1, -0.05) is 6.92 Å². The topological polar surface area (TPSA) is 64.3 Å². The third kappa shape index (κ3) is 3.10. The minimum Gasteiger partial charge on any atom is -0.475 e. The Morgan fingerprint density at radius 1 is 1.44 bits per heavy atom. The summed E-state index contributed by atoms with van der Waals surface area (Å²) in [5, 5.41) is 0. The predicted molar refractivity (Wildman–Crippen MR) is 71.8 cm³/mol. The van der Waals surface area contributed by atoms with Crippen molar-refractivity contribution in [2.75, 3.05) is 18.0 Å². The molecule has 5 nitrogen and oxygen atoms in total. The molecule has 2 unspecified atom stereocenters. The SMILES string of the molecule is CC(C)Oc1cc(N2CCC(C)C(N)C2)ncn1. The first-order valence-corrected chi connectivity index (χ1v) is 6.55. The average molecular weight is 250 g/mol. The quantitative estimate of drug-likeness (QED) is 0.879. The molecule has 18 heavy (non-hydrogen) atoms. The fourth-order valence-corrected chi connectivity index (χ4v) is 2.12. The normalized spacial score (nSPS) is 24.4. The summed E-state index contributed by atoms with van der Waals surface area (Å²) >= 11 is 0. The van der Waals surface area contributed by atoms with Crippen LogP contribution in [0, 0.1) is 5.92 Å². The van der Waals surface area contributed by atoms with E-state index < -0.39 is 0 Å². The first-order valence-electron chi connectivity index (χ1n) is 6.55. The van der Waals surface area contributed by atoms with Crippen LogP contribution in [0.15, 0.2) is 12.4 Å². The van der Waals surface area contributed by atoms with Crippen LogP contribution in [0.5, 0.6) is 5.88 Å². The van der Waals surface area contributed by atoms with Gasteiger partial charge >= 0.3 is 0 Å². The molecule has 1 aliphatic heterocycles. The third-order valence-corrected chi connectivity index (χ3v) is 3.32. The van der Waals surface area contributed by atoms with Crippen molar-refractivity contribution in [2.24, 2.45) is 11.7 Å². The Hall–Kier alpha value is -1.36. The van der Waals surface area contributed by atoms with E-state index in [-0.39, 0.29) is 12.1 Å². The molecule has 2 heterocycles. The molecule has 2 atom stereocenters. The summed E-state index contributed by atoms with van der Waals surface area (Å²) in [7, 11) is 0. The van der Waals surface area contributed by atoms with Crippen LogP contribution >= 0.6 is 0 Å². The number of nitrogens with zero attached hydrogens (tertiary/aromatic N) is 3. The second kappa shape index (κ2) is 5.52. The minimum absolute atomic E-state index is 0.122. The van der Waals surface area contributed by atoms with Gasteiger partial charge in [-0.25, -0.2) is 9.97 Å². The van der Waals surface area contributed by atoms with Gasteiger partial charge in [-0.3, -0.25) is 0 Å². The summed E-state index contributed by atoms with van der Waals surface area (Å²) in [4.78, 5) is 10.6. The van der Waals surface area contributed by atoms with E-state index in [4.69, 9.17) is 10.5 Å². The van der Waals surface area contributed by atoms with Gasteiger partial charge in [0.05, 0.1) is 6.10 Å². The molecule has 2 N–H and O–H groups in total. The van der Waals surface area contributed by atoms with Crippen molar-refractivity contribution in [1.82, 2.24) is 9.97 Å². The van der Waals surface area contributed by atoms with E-state index in [1.807, 2.05) is 19.9 Å². The number of nitrogens with two attached hydrogens (primary N) is 1. The van der Waals surface area contributed by atoms with Gasteiger partial charge in [0, 0.05) is 25.2 Å². The number of hydrogen-bond donors (Lipinski definition) is 1. The van der Waals surface area contributed by atoms with Crippen LogP contribution in [0.25, 0.3) is 0 Å². The molecular weight excluding hydrogens is 228 g/mol. The highest BCUT2D eigenvalue weighted by molar-refractivity contribution is 5.41. The lowest BCUT2D eigenvalue weighted by molar-refractivity contribution is 0.232. The van der Waals surface area contributed by atoms with Crippen LogP contribution in [-0.2, 0) is 0 Å². The summed E-state index contributed by atoms with van der Waals surface area (Å²) in [6.07, 6.45) is 2.78. The molecule has 1 fully saturated rings. The Labute approximate surface area is 108 Å². The molecule has 2 rings (SSSR count). The lowest BCUT2D eigenvalue weighted by Crippen LogP contribution is -2.47. The average Bonchev–Trinajstić information content (AvgIpc) is 2.32. The largest absolute Gasteiger partial charge is 0.475 e. The molecule has 1 aliphatic rings. The second-order valence-electron chi connectivity index (χ2n) is 5.26. The van der Waals surface area contributed by atoms with E-state index in [1.165, 1.54) is 0 Å². The van der Waals surface area contributed by atoms with Crippen molar-refractivity contribution in [2.45, 2.75) is 39.3 Å². The van der Waals surface area contributed by atoms with E-state index in [0.29, 0.717) is 11.8 Å². The third-order valence-electron chi connectivity index (χ3n) is 3.32. The van der Waals surface area contributed by atoms with Gasteiger partial charge < -0.3 is 15.4 Å². The fraction of sp³-hybridized carbons (Fsp3) is 0.692. The van der Waals surface area contributed by atoms with E-state index >= 15 is 0 Å². The van der Waals surface area contributed by atoms with Crippen molar-refractivity contribution >= 4 is 5.82 Å². The van der Waals surface area contributed by atoms with Crippen LogP contribution in [0.2, 0.25) is 0 Å². The van der Waals surface area contributed by atoms with Crippen molar-refractivity contribution < 1.29 is 4.74 Å². The molecule has 0 amide bonds. The molecule has 0 bridgehead atoms. The molecule has 0 saturated carbocycles. The van der Waals surface area contributed by atoms with E-state index in [1.54, 1.807) is 6.33 Å². The molecule has 0 aromatic carbocycles. The van der Waals surface area contributed by atoms with Crippen molar-refractivity contribution in [3.05, 3.63) is 12.4 Å². The van der Waals surface area contributed by atoms with Crippen molar-refractivity contribution in [1.29, 1.82) is 0 Å². The number of hydrogen-bond acceptors (Lipinski definition) is 5. The van der Waals surface area contributed by atoms with Crippen molar-refractivity contribution in [3.8, 4) is 5.88 Å². The van der Waals surface area contributed by atoms with Crippen LogP contribution in [0.3, 0.4) is 0 Å². The van der Waals surface area contributed by atoms with E-state index in [2.05, 4.69) is 21.8 Å². The number of ether oxygens (including phenoxy) is 1. The summed E-state index contributed by atoms with van der Waals surface area (Å²) in [6, 6.07) is 2.10. The van der Waals surface area contributed by atoms with Gasteiger partial charge in [0.1, 0.15) is 12.1 Å². The molecule has 0 radical (unpaired) electrons. The summed E-state index contributed by atoms with van der Waals surface area (Å²) < 4.78 is 5.58. The smallest absolute Gasteiger partial charge is 0.218 e. The molecule has 1 aromatic heterocycles. The molecular formula is C13H22N4O. The standard InChI is InChI=1S/C13H22N4O/c1-9(2)18-13-6-12(15-8-16-13)17-5-4-10(3)11(14)7-17/h6,8-11H,4-5,7,14H2,1-3H3. The van der Waals surface area contributed by atoms with Gasteiger partial charge in [0.15, 0.2) is 0 Å². The lowest BCUT2D eigenvalue weighted by Gasteiger charge is -2.35. The number of rotatable bonds is 3. The monoisotopic (exact) mass is 250 g/mol. The first kappa shape index (κ1) is 13.1. The fourth-order valence-electron chi connectivity index (χ4n) is 2.12. The second-order valence-corrected chi connectivity index (χ2v) is 5.26. The van der Waals surface area contributed by atoms with Crippen LogP contribution in [0.1, 0.15) is 27.2 Å². The predicted octanol–water partition coefficient (Wildman–Crippen LogP) is 1.44. The van der Waals surface area contributed by atoms with Crippen LogP contribution < -0.4 is 15.4 Å². The zero-order chi connectivity index (χ0) is 13.1. The Morgan fingerprint density at radius 3 is 2.89 bits per heavy atom. The van der Waals surface area contributed by atoms with Crippen molar-refractivity contribution in [3.63, 3.8) is 0 Å². The maximum Gasteiger partial charge on any atom is 0.218 e. The van der Waals surface area contributed by atoms with Gasteiger partial charge in [-0.15, -0.1) is 0 Å². The molecule has 0 spiro atoms. The number of piperidine rings is 1. The van der Waals surface area contributed by atoms with E-state index in [0.717, 1.165) is 25.3 Å². The molecule has 1 aromatic rings. The van der Waals surface area contributed by atoms with Crippen LogP contribution in [0.4, 0.5) is 5.82 Å². The Kier molecular flexibility index (Phi) is 4.01. The van der Waals surface area contributed by atoms with Gasteiger partial charge in [-0.2, -0.15) is 0 Å². The highest BCUT2D eigenvalue weighted by Gasteiger charge is 2.24. The minimum atomic E-state index is 0.122. The van der Waals surface area contributed by atoms with Gasteiger partial charge in [0.25, 0.3) is 0 Å². The highest BCUT2D eigenvalue weighted by atomic mass is 16.5. The van der Waals surface area contributed by atoms with E-state index in [9.17, 15) is 0 Å².